The number of amides is 3. The van der Waals surface area contributed by atoms with Gasteiger partial charge in [-0.15, -0.1) is 0 Å². The summed E-state index contributed by atoms with van der Waals surface area (Å²) in [5.41, 5.74) is 13.2. The molecule has 0 spiro atoms. The number of hydrogen-bond acceptors (Lipinski definition) is 7. The molecule has 1 aromatic carbocycles. The van der Waals surface area contributed by atoms with E-state index in [2.05, 4.69) is 22.1 Å². The van der Waals surface area contributed by atoms with Crippen molar-refractivity contribution in [1.29, 1.82) is 0 Å². The SMILES string of the molecule is CCN(Cc1ccc(-n2ccc(NC(=O)N3CCN(C(=O)C(C)N)CC3)nc2=O)cc1)C1CCC(N)CC1. The zero-order valence-corrected chi connectivity index (χ0v) is 22.4. The van der Waals surface area contributed by atoms with Gasteiger partial charge in [-0.2, -0.15) is 4.98 Å². The lowest BCUT2D eigenvalue weighted by Gasteiger charge is -2.35. The number of nitrogens with one attached hydrogen (secondary N) is 1. The van der Waals surface area contributed by atoms with Gasteiger partial charge in [0.1, 0.15) is 5.82 Å². The Morgan fingerprint density at radius 3 is 2.26 bits per heavy atom. The quantitative estimate of drug-likeness (QED) is 0.496. The molecule has 11 nitrogen and oxygen atoms in total. The summed E-state index contributed by atoms with van der Waals surface area (Å²) in [5.74, 6) is 0.0632. The second-order valence-corrected chi connectivity index (χ2v) is 10.3. The molecule has 2 heterocycles. The molecular formula is C27H40N8O3. The zero-order valence-electron chi connectivity index (χ0n) is 22.4. The van der Waals surface area contributed by atoms with Gasteiger partial charge in [-0.3, -0.25) is 19.6 Å². The molecule has 1 aliphatic carbocycles. The molecule has 11 heteroatoms. The number of anilines is 1. The van der Waals surface area contributed by atoms with Crippen molar-refractivity contribution in [2.45, 2.75) is 64.2 Å². The average molecular weight is 525 g/mol. The molecule has 1 aliphatic heterocycles. The molecule has 1 atom stereocenters. The minimum atomic E-state index is -0.560. The molecule has 0 bridgehead atoms. The molecule has 206 valence electrons. The van der Waals surface area contributed by atoms with Gasteiger partial charge in [0.15, 0.2) is 0 Å². The van der Waals surface area contributed by atoms with Crippen LogP contribution in [0.25, 0.3) is 5.69 Å². The number of piperazine rings is 1. The maximum absolute atomic E-state index is 12.7. The number of nitrogens with two attached hydrogens (primary N) is 2. The fraction of sp³-hybridized carbons (Fsp3) is 0.556. The third-order valence-electron chi connectivity index (χ3n) is 7.57. The van der Waals surface area contributed by atoms with Gasteiger partial charge in [0.25, 0.3) is 0 Å². The van der Waals surface area contributed by atoms with E-state index < -0.39 is 11.7 Å². The highest BCUT2D eigenvalue weighted by Crippen LogP contribution is 2.24. The van der Waals surface area contributed by atoms with E-state index in [0.717, 1.165) is 38.8 Å². The van der Waals surface area contributed by atoms with E-state index in [9.17, 15) is 14.4 Å². The largest absolute Gasteiger partial charge is 0.354 e. The first-order valence-corrected chi connectivity index (χ1v) is 13.5. The third kappa shape index (κ3) is 6.77. The van der Waals surface area contributed by atoms with Crippen LogP contribution >= 0.6 is 0 Å². The van der Waals surface area contributed by atoms with Crippen LogP contribution in [0.2, 0.25) is 0 Å². The Labute approximate surface area is 223 Å². The van der Waals surface area contributed by atoms with E-state index in [1.54, 1.807) is 29.0 Å². The topological polar surface area (TPSA) is 143 Å². The average Bonchev–Trinajstić information content (AvgIpc) is 2.92. The number of aromatic nitrogens is 2. The van der Waals surface area contributed by atoms with Gasteiger partial charge >= 0.3 is 11.7 Å². The lowest BCUT2D eigenvalue weighted by molar-refractivity contribution is -0.133. The summed E-state index contributed by atoms with van der Waals surface area (Å²) in [5, 5.41) is 2.69. The van der Waals surface area contributed by atoms with Crippen LogP contribution in [0.15, 0.2) is 41.3 Å². The number of carbonyl (C=O) groups is 2. The summed E-state index contributed by atoms with van der Waals surface area (Å²) >= 11 is 0. The van der Waals surface area contributed by atoms with Gasteiger partial charge in [-0.05, 0) is 62.9 Å². The smallest absolute Gasteiger partial charge is 0.338 e. The monoisotopic (exact) mass is 524 g/mol. The first-order valence-electron chi connectivity index (χ1n) is 13.5. The predicted molar refractivity (Wildman–Crippen MR) is 147 cm³/mol. The van der Waals surface area contributed by atoms with E-state index in [1.807, 2.05) is 24.3 Å². The van der Waals surface area contributed by atoms with Gasteiger partial charge in [-0.25, -0.2) is 9.59 Å². The number of nitrogens with zero attached hydrogens (tertiary/aromatic N) is 5. The fourth-order valence-electron chi connectivity index (χ4n) is 5.24. The molecule has 38 heavy (non-hydrogen) atoms. The normalized spacial score (nSPS) is 20.9. The van der Waals surface area contributed by atoms with Gasteiger partial charge in [0.2, 0.25) is 5.91 Å². The zero-order chi connectivity index (χ0) is 27.2. The van der Waals surface area contributed by atoms with Crippen molar-refractivity contribution in [2.75, 3.05) is 38.0 Å². The Morgan fingerprint density at radius 1 is 1.05 bits per heavy atom. The second-order valence-electron chi connectivity index (χ2n) is 10.3. The number of urea groups is 1. The standard InChI is InChI=1S/C27H40N8O3/c1-3-32(22-10-6-21(29)7-11-22)18-20-4-8-23(9-5-20)35-13-12-24(31-27(35)38)30-26(37)34-16-14-33(15-17-34)25(36)19(2)28/h4-5,8-9,12-13,19,21-22H,3,6-7,10-11,14-18,28-29H2,1-2H3,(H,30,31,37,38). The molecular weight excluding hydrogens is 484 g/mol. The minimum Gasteiger partial charge on any atom is -0.338 e. The highest BCUT2D eigenvalue weighted by atomic mass is 16.2. The summed E-state index contributed by atoms with van der Waals surface area (Å²) < 4.78 is 1.46. The summed E-state index contributed by atoms with van der Waals surface area (Å²) in [4.78, 5) is 47.2. The molecule has 4 rings (SSSR count). The molecule has 2 aliphatic rings. The molecule has 1 unspecified atom stereocenters. The van der Waals surface area contributed by atoms with Crippen molar-refractivity contribution < 1.29 is 9.59 Å². The van der Waals surface area contributed by atoms with Gasteiger partial charge in [-0.1, -0.05) is 19.1 Å². The number of carbonyl (C=O) groups excluding carboxylic acids is 2. The van der Waals surface area contributed by atoms with Crippen molar-refractivity contribution in [3.8, 4) is 5.69 Å². The Kier molecular flexibility index (Phi) is 9.13. The van der Waals surface area contributed by atoms with Crippen LogP contribution in [0, 0.1) is 0 Å². The molecule has 2 fully saturated rings. The Morgan fingerprint density at radius 2 is 1.68 bits per heavy atom. The van der Waals surface area contributed by atoms with E-state index >= 15 is 0 Å². The summed E-state index contributed by atoms with van der Waals surface area (Å²) in [6.45, 7) is 7.31. The highest BCUT2D eigenvalue weighted by molar-refractivity contribution is 5.88. The van der Waals surface area contributed by atoms with E-state index in [0.29, 0.717) is 44.0 Å². The molecule has 0 radical (unpaired) electrons. The summed E-state index contributed by atoms with van der Waals surface area (Å²) in [7, 11) is 0. The maximum Gasteiger partial charge on any atom is 0.354 e. The molecule has 3 amide bonds. The fourth-order valence-corrected chi connectivity index (χ4v) is 5.24. The number of benzene rings is 1. The Balaban J connectivity index is 1.33. The molecule has 1 saturated carbocycles. The first kappa shape index (κ1) is 27.7. The van der Waals surface area contributed by atoms with Crippen molar-refractivity contribution in [2.24, 2.45) is 11.5 Å². The first-order chi connectivity index (χ1) is 18.2. The summed E-state index contributed by atoms with van der Waals surface area (Å²) in [6, 6.07) is 9.53. The number of rotatable bonds is 7. The summed E-state index contributed by atoms with van der Waals surface area (Å²) in [6.07, 6.45) is 6.06. The van der Waals surface area contributed by atoms with Crippen LogP contribution in [0.1, 0.15) is 45.1 Å². The predicted octanol–water partition coefficient (Wildman–Crippen LogP) is 1.35. The minimum absolute atomic E-state index is 0.125. The van der Waals surface area contributed by atoms with Crippen LogP contribution in [-0.2, 0) is 11.3 Å². The van der Waals surface area contributed by atoms with Crippen LogP contribution in [0.4, 0.5) is 10.6 Å². The number of hydrogen-bond donors (Lipinski definition) is 3. The van der Waals surface area contributed by atoms with Crippen LogP contribution in [-0.4, -0.2) is 87.0 Å². The van der Waals surface area contributed by atoms with E-state index in [-0.39, 0.29) is 17.8 Å². The molecule has 5 N–H and O–H groups in total. The highest BCUT2D eigenvalue weighted by Gasteiger charge is 2.26. The lowest BCUT2D eigenvalue weighted by Crippen LogP contribution is -2.54. The van der Waals surface area contributed by atoms with Crippen LogP contribution < -0.4 is 22.5 Å². The van der Waals surface area contributed by atoms with Gasteiger partial charge in [0, 0.05) is 51.0 Å². The van der Waals surface area contributed by atoms with E-state index in [1.165, 1.54) is 10.1 Å². The Hall–Kier alpha value is -3.28. The van der Waals surface area contributed by atoms with Crippen LogP contribution in [0.3, 0.4) is 0 Å². The van der Waals surface area contributed by atoms with Gasteiger partial charge in [0.05, 0.1) is 11.7 Å². The third-order valence-corrected chi connectivity index (χ3v) is 7.57. The maximum atomic E-state index is 12.7. The van der Waals surface area contributed by atoms with Crippen molar-refractivity contribution >= 4 is 17.8 Å². The van der Waals surface area contributed by atoms with E-state index in [4.69, 9.17) is 11.5 Å². The lowest BCUT2D eigenvalue weighted by atomic mass is 9.90. The van der Waals surface area contributed by atoms with Crippen molar-refractivity contribution in [3.63, 3.8) is 0 Å². The Bertz CT molecular complexity index is 1150. The molecule has 1 saturated heterocycles. The molecule has 1 aromatic heterocycles. The van der Waals surface area contributed by atoms with Crippen molar-refractivity contribution in [3.05, 3.63) is 52.6 Å². The second kappa shape index (κ2) is 12.5. The van der Waals surface area contributed by atoms with Crippen LogP contribution in [0.5, 0.6) is 0 Å². The van der Waals surface area contributed by atoms with Crippen molar-refractivity contribution in [1.82, 2.24) is 24.3 Å². The van der Waals surface area contributed by atoms with Gasteiger partial charge < -0.3 is 21.3 Å². The molecule has 2 aromatic rings.